The van der Waals surface area contributed by atoms with Gasteiger partial charge in [-0.05, 0) is 53.6 Å². The van der Waals surface area contributed by atoms with E-state index in [0.717, 1.165) is 17.7 Å². The quantitative estimate of drug-likeness (QED) is 0.342. The van der Waals surface area contributed by atoms with Crippen LogP contribution in [0.15, 0.2) is 71.9 Å². The fourth-order valence-electron chi connectivity index (χ4n) is 3.29. The Bertz CT molecular complexity index is 1480. The highest BCUT2D eigenvalue weighted by Gasteiger charge is 2.33. The highest BCUT2D eigenvalue weighted by Crippen LogP contribution is 2.38. The van der Waals surface area contributed by atoms with Gasteiger partial charge in [0.05, 0.1) is 16.1 Å². The Labute approximate surface area is 207 Å². The number of nitrogens with zero attached hydrogens (tertiary/aromatic N) is 3. The van der Waals surface area contributed by atoms with Crippen LogP contribution in [-0.4, -0.2) is 15.0 Å². The normalized spacial score (nSPS) is 11.1. The minimum Gasteiger partial charge on any atom is -0.474 e. The van der Waals surface area contributed by atoms with Gasteiger partial charge in [-0.25, -0.2) is 9.78 Å². The Morgan fingerprint density at radius 3 is 2.56 bits per heavy atom. The van der Waals surface area contributed by atoms with Gasteiger partial charge in [0.1, 0.15) is 24.2 Å². The molecule has 0 amide bonds. The molecule has 11 heteroatoms. The molecule has 0 aliphatic carbocycles. The zero-order valence-corrected chi connectivity index (χ0v) is 19.1. The van der Waals surface area contributed by atoms with Crippen LogP contribution in [0.5, 0.6) is 17.4 Å². The lowest BCUT2D eigenvalue weighted by molar-refractivity contribution is -0.137. The predicted molar refractivity (Wildman–Crippen MR) is 124 cm³/mol. The van der Waals surface area contributed by atoms with Gasteiger partial charge in [0, 0.05) is 30.6 Å². The summed E-state index contributed by atoms with van der Waals surface area (Å²) in [5.74, 6) is 0.168. The maximum atomic E-state index is 13.1. The highest BCUT2D eigenvalue weighted by molar-refractivity contribution is 6.31. The molecule has 36 heavy (non-hydrogen) atoms. The van der Waals surface area contributed by atoms with Gasteiger partial charge in [0.25, 0.3) is 0 Å². The lowest BCUT2D eigenvalue weighted by Crippen LogP contribution is -2.14. The van der Waals surface area contributed by atoms with E-state index in [1.54, 1.807) is 18.5 Å². The van der Waals surface area contributed by atoms with E-state index in [2.05, 4.69) is 15.0 Å². The summed E-state index contributed by atoms with van der Waals surface area (Å²) >= 11 is 5.64. The summed E-state index contributed by atoms with van der Waals surface area (Å²) in [7, 11) is 0. The van der Waals surface area contributed by atoms with E-state index in [1.165, 1.54) is 24.4 Å². The van der Waals surface area contributed by atoms with Crippen LogP contribution >= 0.6 is 11.6 Å². The summed E-state index contributed by atoms with van der Waals surface area (Å²) < 4.78 is 50.7. The second kappa shape index (κ2) is 10.5. The maximum absolute atomic E-state index is 13.1. The van der Waals surface area contributed by atoms with E-state index in [1.807, 2.05) is 18.2 Å². The van der Waals surface area contributed by atoms with Crippen molar-refractivity contribution in [2.75, 3.05) is 0 Å². The molecule has 2 aromatic carbocycles. The van der Waals surface area contributed by atoms with Crippen LogP contribution in [0.25, 0.3) is 0 Å². The second-order valence-electron chi connectivity index (χ2n) is 7.55. The molecule has 0 saturated carbocycles. The molecule has 0 aliphatic heterocycles. The SMILES string of the molecule is N#Cc1cc(COc2[nH]c(=O)ncc2Cc2ccncc2)ccc1Oc1ccc(Cl)c(C(F)(F)F)c1. The minimum absolute atomic E-state index is 0.00255. The Kier molecular flexibility index (Phi) is 7.22. The molecule has 1 N–H and O–H groups in total. The molecule has 0 aliphatic rings. The molecule has 0 unspecified atom stereocenters. The number of hydrogen-bond acceptors (Lipinski definition) is 6. The number of nitrogens with one attached hydrogen (secondary N) is 1. The van der Waals surface area contributed by atoms with E-state index in [0.29, 0.717) is 17.5 Å². The van der Waals surface area contributed by atoms with E-state index in [4.69, 9.17) is 21.1 Å². The van der Waals surface area contributed by atoms with Crippen LogP contribution in [0.4, 0.5) is 13.2 Å². The number of aromatic nitrogens is 3. The summed E-state index contributed by atoms with van der Waals surface area (Å²) in [5, 5.41) is 9.09. The number of H-pyrrole nitrogens is 1. The number of benzene rings is 2. The summed E-state index contributed by atoms with van der Waals surface area (Å²) in [4.78, 5) is 22.0. The molecule has 0 saturated heterocycles. The van der Waals surface area contributed by atoms with Gasteiger partial charge in [-0.1, -0.05) is 17.7 Å². The largest absolute Gasteiger partial charge is 0.474 e. The first-order valence-electron chi connectivity index (χ1n) is 10.4. The fourth-order valence-corrected chi connectivity index (χ4v) is 3.52. The van der Waals surface area contributed by atoms with Crippen molar-refractivity contribution in [3.8, 4) is 23.4 Å². The van der Waals surface area contributed by atoms with Crippen LogP contribution < -0.4 is 15.2 Å². The summed E-state index contributed by atoms with van der Waals surface area (Å²) in [6.07, 6.45) is 0.512. The Morgan fingerprint density at radius 2 is 1.83 bits per heavy atom. The number of rotatable bonds is 7. The van der Waals surface area contributed by atoms with Gasteiger partial charge >= 0.3 is 11.9 Å². The number of pyridine rings is 1. The molecule has 2 heterocycles. The maximum Gasteiger partial charge on any atom is 0.417 e. The third-order valence-electron chi connectivity index (χ3n) is 5.01. The third-order valence-corrected chi connectivity index (χ3v) is 5.34. The van der Waals surface area contributed by atoms with E-state index in [9.17, 15) is 23.2 Å². The summed E-state index contributed by atoms with van der Waals surface area (Å²) in [6.45, 7) is -0.00255. The smallest absolute Gasteiger partial charge is 0.417 e. The van der Waals surface area contributed by atoms with Gasteiger partial charge in [-0.3, -0.25) is 9.97 Å². The van der Waals surface area contributed by atoms with Gasteiger partial charge in [-0.2, -0.15) is 18.4 Å². The van der Waals surface area contributed by atoms with E-state index < -0.39 is 22.5 Å². The molecule has 182 valence electrons. The average Bonchev–Trinajstić information content (AvgIpc) is 2.86. The van der Waals surface area contributed by atoms with Crippen molar-refractivity contribution in [3.63, 3.8) is 0 Å². The Morgan fingerprint density at radius 1 is 1.06 bits per heavy atom. The van der Waals surface area contributed by atoms with Crippen molar-refractivity contribution >= 4 is 11.6 Å². The molecule has 0 bridgehead atoms. The second-order valence-corrected chi connectivity index (χ2v) is 7.95. The average molecular weight is 513 g/mol. The molecular formula is C25H16ClF3N4O3. The summed E-state index contributed by atoms with van der Waals surface area (Å²) in [5.41, 5.74) is 0.612. The van der Waals surface area contributed by atoms with Crippen molar-refractivity contribution in [2.24, 2.45) is 0 Å². The zero-order valence-electron chi connectivity index (χ0n) is 18.3. The predicted octanol–water partition coefficient (Wildman–Crippen LogP) is 5.67. The van der Waals surface area contributed by atoms with Gasteiger partial charge in [0.15, 0.2) is 5.88 Å². The van der Waals surface area contributed by atoms with Crippen LogP contribution in [0.1, 0.15) is 27.8 Å². The third kappa shape index (κ3) is 6.00. The number of aromatic amines is 1. The topological polar surface area (TPSA) is 101 Å². The van der Waals surface area contributed by atoms with Crippen LogP contribution in [-0.2, 0) is 19.2 Å². The van der Waals surface area contributed by atoms with Gasteiger partial charge < -0.3 is 9.47 Å². The lowest BCUT2D eigenvalue weighted by Gasteiger charge is -2.14. The first-order chi connectivity index (χ1) is 17.2. The van der Waals surface area contributed by atoms with Gasteiger partial charge in [0.2, 0.25) is 0 Å². The molecule has 0 radical (unpaired) electrons. The van der Waals surface area contributed by atoms with Gasteiger partial charge in [-0.15, -0.1) is 0 Å². The van der Waals surface area contributed by atoms with Crippen molar-refractivity contribution in [2.45, 2.75) is 19.2 Å². The molecule has 0 atom stereocenters. The molecule has 4 aromatic rings. The van der Waals surface area contributed by atoms with Crippen molar-refractivity contribution in [1.29, 1.82) is 5.26 Å². The summed E-state index contributed by atoms with van der Waals surface area (Å²) in [6, 6.07) is 13.3. The molecule has 4 rings (SSSR count). The molecule has 0 fully saturated rings. The molecular weight excluding hydrogens is 497 g/mol. The zero-order chi connectivity index (χ0) is 25.7. The number of hydrogen-bond donors (Lipinski definition) is 1. The molecule has 0 spiro atoms. The Hall–Kier alpha value is -4.36. The minimum atomic E-state index is -4.65. The van der Waals surface area contributed by atoms with Crippen LogP contribution in [0.2, 0.25) is 5.02 Å². The highest BCUT2D eigenvalue weighted by atomic mass is 35.5. The van der Waals surface area contributed by atoms with E-state index >= 15 is 0 Å². The molecule has 2 aromatic heterocycles. The monoisotopic (exact) mass is 512 g/mol. The first-order valence-corrected chi connectivity index (χ1v) is 10.8. The molecule has 7 nitrogen and oxygen atoms in total. The van der Waals surface area contributed by atoms with Crippen molar-refractivity contribution in [3.05, 3.63) is 110 Å². The number of ether oxygens (including phenoxy) is 2. The number of halogens is 4. The number of nitriles is 1. The van der Waals surface area contributed by atoms with Crippen LogP contribution in [0, 0.1) is 11.3 Å². The first kappa shape index (κ1) is 24.8. The van der Waals surface area contributed by atoms with Crippen LogP contribution in [0.3, 0.4) is 0 Å². The van der Waals surface area contributed by atoms with Crippen molar-refractivity contribution in [1.82, 2.24) is 15.0 Å². The standard InChI is InChI=1S/C25H16ClF3N4O3/c26-21-3-2-19(11-20(21)25(27,28)29)36-22-4-1-16(10-17(22)12-30)14-35-23-18(13-32-24(34)33-23)9-15-5-7-31-8-6-15/h1-8,10-11,13H,9,14H2,(H,32,33,34). The lowest BCUT2D eigenvalue weighted by atomic mass is 10.1. The fraction of sp³-hybridized carbons (Fsp3) is 0.120. The number of alkyl halides is 3. The van der Waals surface area contributed by atoms with Crippen molar-refractivity contribution < 1.29 is 22.6 Å². The Balaban J connectivity index is 1.52. The van der Waals surface area contributed by atoms with E-state index in [-0.39, 0.29) is 29.5 Å².